The zero-order valence-electron chi connectivity index (χ0n) is 66.5. The van der Waals surface area contributed by atoms with Crippen molar-refractivity contribution in [1.29, 1.82) is 5.26 Å². The highest BCUT2D eigenvalue weighted by Gasteiger charge is 2.51. The predicted octanol–water partition coefficient (Wildman–Crippen LogP) is 11.2. The zero-order chi connectivity index (χ0) is 80.6. The smallest absolute Gasteiger partial charge is 0.248 e. The van der Waals surface area contributed by atoms with Gasteiger partial charge in [-0.1, -0.05) is 24.3 Å². The first-order chi connectivity index (χ1) is 56.8. The molecule has 20 rings (SSSR count). The van der Waals surface area contributed by atoms with Gasteiger partial charge in [0.05, 0.1) is 118 Å². The summed E-state index contributed by atoms with van der Waals surface area (Å²) >= 11 is 0. The fraction of sp³-hybridized carbons (Fsp3) is 0.512. The molecule has 5 saturated heterocycles. The molecule has 610 valence electrons. The van der Waals surface area contributed by atoms with Crippen LogP contribution in [0.15, 0.2) is 123 Å². The molecule has 8 aromatic rings. The molecule has 4 amide bonds. The molecule has 0 aromatic carbocycles. The van der Waals surface area contributed by atoms with Crippen LogP contribution >= 0.6 is 0 Å². The van der Waals surface area contributed by atoms with Crippen LogP contribution in [-0.4, -0.2) is 203 Å². The second-order valence-corrected chi connectivity index (χ2v) is 33.2. The Hall–Kier alpha value is -11.5. The fourth-order valence-corrected chi connectivity index (χ4v) is 19.1. The Kier molecular flexibility index (Phi) is 22.4. The van der Waals surface area contributed by atoms with Crippen molar-refractivity contribution in [2.24, 2.45) is 57.8 Å². The third-order valence-corrected chi connectivity index (χ3v) is 25.2. The van der Waals surface area contributed by atoms with Crippen molar-refractivity contribution in [1.82, 2.24) is 98.6 Å². The number of halogens is 2. The van der Waals surface area contributed by atoms with Crippen LogP contribution in [0.5, 0.6) is 0 Å². The molecule has 12 aliphatic rings. The van der Waals surface area contributed by atoms with E-state index in [0.717, 1.165) is 167 Å². The number of carbonyl (C=O) groups excluding carboxylic acids is 4. The first-order valence-corrected chi connectivity index (χ1v) is 41.1. The lowest BCUT2D eigenvalue weighted by Gasteiger charge is -2.41. The van der Waals surface area contributed by atoms with Gasteiger partial charge in [-0.25, -0.2) is 48.7 Å². The summed E-state index contributed by atoms with van der Waals surface area (Å²) in [6.45, 7) is 1.41. The van der Waals surface area contributed by atoms with Crippen LogP contribution in [0.1, 0.15) is 158 Å². The number of rotatable bonds is 18. The van der Waals surface area contributed by atoms with Crippen molar-refractivity contribution in [3.63, 3.8) is 0 Å². The number of anilines is 8. The number of nitrogens with one attached hydrogen (secondary N) is 4. The Labute approximate surface area is 676 Å². The number of aromatic nitrogens is 16. The molecule has 117 heavy (non-hydrogen) atoms. The predicted molar refractivity (Wildman–Crippen MR) is 430 cm³/mol. The van der Waals surface area contributed by atoms with Gasteiger partial charge in [0.2, 0.25) is 53.3 Å². The van der Waals surface area contributed by atoms with Crippen LogP contribution in [0, 0.1) is 40.9 Å². The molecular formula is C84H99F2N25O6. The van der Waals surface area contributed by atoms with Gasteiger partial charge in [0, 0.05) is 153 Å². The van der Waals surface area contributed by atoms with Crippen LogP contribution in [0.2, 0.25) is 0 Å². The minimum atomic E-state index is -2.58. The molecule has 31 nitrogen and oxygen atoms in total. The second kappa shape index (κ2) is 33.6. The maximum absolute atomic E-state index is 13.1. The zero-order valence-corrected chi connectivity index (χ0v) is 66.5. The van der Waals surface area contributed by atoms with Gasteiger partial charge in [-0.05, 0) is 168 Å². The number of carbonyl (C=O) groups is 4. The number of ether oxygens (including phenoxy) is 2. The summed E-state index contributed by atoms with van der Waals surface area (Å²) in [4.78, 5) is 96.2. The van der Waals surface area contributed by atoms with Crippen LogP contribution in [-0.2, 0) is 56.8 Å². The first-order valence-electron chi connectivity index (χ1n) is 41.1. The van der Waals surface area contributed by atoms with E-state index in [0.29, 0.717) is 48.8 Å². The Morgan fingerprint density at radius 2 is 0.829 bits per heavy atom. The lowest BCUT2D eigenvalue weighted by molar-refractivity contribution is -0.146. The molecule has 8 bridgehead atoms. The van der Waals surface area contributed by atoms with Gasteiger partial charge in [-0.3, -0.25) is 37.9 Å². The molecule has 33 heteroatoms. The highest BCUT2D eigenvalue weighted by molar-refractivity contribution is 5.85. The van der Waals surface area contributed by atoms with Crippen molar-refractivity contribution >= 4 is 92.5 Å². The molecule has 17 heterocycles. The molecular weight excluding hydrogens is 1490 g/mol. The average Bonchev–Trinajstić information content (AvgIpc) is 1.66. The van der Waals surface area contributed by atoms with Gasteiger partial charge in [-0.2, -0.15) is 25.7 Å². The van der Waals surface area contributed by atoms with E-state index in [1.165, 1.54) is 16.7 Å². The molecule has 8 aromatic heterocycles. The van der Waals surface area contributed by atoms with Gasteiger partial charge < -0.3 is 50.3 Å². The van der Waals surface area contributed by atoms with Crippen molar-refractivity contribution in [2.75, 3.05) is 41.6 Å². The third kappa shape index (κ3) is 17.3. The Morgan fingerprint density at radius 3 is 1.14 bits per heavy atom. The van der Waals surface area contributed by atoms with E-state index in [1.807, 2.05) is 87.0 Å². The lowest BCUT2D eigenvalue weighted by atomic mass is 9.73. The van der Waals surface area contributed by atoms with E-state index in [2.05, 4.69) is 112 Å². The van der Waals surface area contributed by atoms with Crippen molar-refractivity contribution < 1.29 is 37.4 Å². The van der Waals surface area contributed by atoms with Crippen molar-refractivity contribution in [3.8, 4) is 6.07 Å². The molecule has 8 fully saturated rings. The fourth-order valence-electron chi connectivity index (χ4n) is 19.1. The summed E-state index contributed by atoms with van der Waals surface area (Å²) < 4.78 is 43.9. The Balaban J connectivity index is 0.000000112. The van der Waals surface area contributed by atoms with Gasteiger partial charge in [0.1, 0.15) is 0 Å². The van der Waals surface area contributed by atoms with Gasteiger partial charge in [-0.15, -0.1) is 0 Å². The highest BCUT2D eigenvalue weighted by Crippen LogP contribution is 2.48. The van der Waals surface area contributed by atoms with Crippen LogP contribution in [0.4, 0.5) is 55.3 Å². The molecule has 3 saturated carbocycles. The normalized spacial score (nSPS) is 26.3. The maximum atomic E-state index is 13.1. The summed E-state index contributed by atoms with van der Waals surface area (Å²) in [7, 11) is 9.18. The van der Waals surface area contributed by atoms with Gasteiger partial charge in [0.25, 0.3) is 0 Å². The number of fused-ring (bicyclic) bond motifs is 8. The number of nitriles is 1. The highest BCUT2D eigenvalue weighted by atomic mass is 19.3. The van der Waals surface area contributed by atoms with Gasteiger partial charge in [0.15, 0.2) is 0 Å². The van der Waals surface area contributed by atoms with Crippen molar-refractivity contribution in [2.45, 2.75) is 195 Å². The third-order valence-electron chi connectivity index (χ3n) is 25.2. The number of methoxy groups -OCH3 is 1. The molecule has 10 atom stereocenters. The number of amides is 4. The monoisotopic (exact) mass is 1590 g/mol. The topological polar surface area (TPSA) is 346 Å². The average molecular weight is 1590 g/mol. The molecule has 3 aliphatic carbocycles. The molecule has 4 N–H and O–H groups in total. The van der Waals surface area contributed by atoms with Crippen LogP contribution in [0.3, 0.4) is 0 Å². The van der Waals surface area contributed by atoms with E-state index in [4.69, 9.17) is 19.4 Å². The van der Waals surface area contributed by atoms with E-state index in [9.17, 15) is 33.2 Å². The molecule has 0 spiro atoms. The summed E-state index contributed by atoms with van der Waals surface area (Å²) in [6.07, 6.45) is 46.8. The minimum absolute atomic E-state index is 0.0138. The van der Waals surface area contributed by atoms with E-state index >= 15 is 0 Å². The number of nitrogens with zero attached hydrogens (tertiary/aromatic N) is 21. The molecule has 10 unspecified atom stereocenters. The number of hydrogen-bond donors (Lipinski definition) is 4. The number of aryl methyl sites for hydroxylation is 4. The first kappa shape index (κ1) is 78.0. The number of hydrogen-bond acceptors (Lipinski definition) is 23. The Morgan fingerprint density at radius 1 is 0.479 bits per heavy atom. The van der Waals surface area contributed by atoms with Crippen LogP contribution in [0.25, 0.3) is 22.3 Å². The van der Waals surface area contributed by atoms with Crippen molar-refractivity contribution in [3.05, 3.63) is 146 Å². The minimum Gasteiger partial charge on any atom is -0.381 e. The molecule has 0 radical (unpaired) electrons. The summed E-state index contributed by atoms with van der Waals surface area (Å²) in [5, 5.41) is 38.5. The molecule has 9 aliphatic heterocycles. The number of alkyl halides is 2. The summed E-state index contributed by atoms with van der Waals surface area (Å²) in [5.41, 5.74) is 11.7. The Bertz CT molecular complexity index is 5160. The van der Waals surface area contributed by atoms with E-state index < -0.39 is 5.92 Å². The summed E-state index contributed by atoms with van der Waals surface area (Å²) in [6, 6.07) is 11.4. The van der Waals surface area contributed by atoms with Gasteiger partial charge >= 0.3 is 0 Å². The standard InChI is InChI=1S/C21H24F2N6O.C21H23N7O.2C21H26N6O2/c1-28-12-15(11-25-28)26-20-24-5-4-18(27-20)14-7-16-2-3-17(8-14)29(16)19(30)6-13-9-21(22,23)10-13;1-27-12-15(11-24-27)25-21-23-7-6-19(26-21)14-8-16-3-4-17(9-14)28(16)20(29)18-5-2-13(18)10-22;1-26-12-15(11-23-26)24-21-22-6-5-19(25-21)13-7-16-3-4-17(8-13)27(16)20(28)14-9-18(10-14)29-2;1-26-13-16(12-23-26)24-21-22-7-4-19(25-21)15-10-17-2-3-18(11-15)27(17)20(28)14-5-8-29-9-6-14/h4-5,7,11-13,16-17H,2-3,6,8-10H2,1H3,(H,24,26,27);6-8,11-13,16-18H,2-5,9H2,1H3,(H,23,25,26);5-7,11-12,14,16-18H,3-4,8-10H2,1-2H3,(H,22,24,25);4,7,10,12-14,17-18H,2-3,5-6,8-9,11H2,1H3,(H,22,24,25). The largest absolute Gasteiger partial charge is 0.381 e. The van der Waals surface area contributed by atoms with Crippen LogP contribution < -0.4 is 21.3 Å². The maximum Gasteiger partial charge on any atom is 0.248 e. The lowest BCUT2D eigenvalue weighted by Crippen LogP contribution is -2.50. The summed E-state index contributed by atoms with van der Waals surface area (Å²) in [5.74, 6) is 0.255. The second-order valence-electron chi connectivity index (χ2n) is 33.2. The van der Waals surface area contributed by atoms with E-state index in [1.54, 1.807) is 75.4 Å². The quantitative estimate of drug-likeness (QED) is 0.0620. The van der Waals surface area contributed by atoms with E-state index in [-0.39, 0.29) is 115 Å². The SMILES string of the molecule is COC1CC(C(=O)N2C3C=C(c4ccnc(Nc5cnn(C)c5)n4)CC2CC3)C1.Cn1cc(Nc2nccc(C3=CC4CCC(C3)N4C(=O)C3CCC3C#N)n2)cn1.Cn1cc(Nc2nccc(C3=CC4CCC(C3)N4C(=O)C3CCOCC3)n2)cn1.Cn1cc(Nc2nccc(C3=CC4CCC(C3)N4C(=O)CC3CC(F)(F)C3)n2)cn1.